The van der Waals surface area contributed by atoms with Gasteiger partial charge in [0.25, 0.3) is 17.7 Å². The smallest absolute Gasteiger partial charge is 0.387 e. The second kappa shape index (κ2) is 10.2. The van der Waals surface area contributed by atoms with E-state index in [-0.39, 0.29) is 22.4 Å². The lowest BCUT2D eigenvalue weighted by molar-refractivity contribution is -0.119. The topological polar surface area (TPSA) is 102 Å². The molecule has 1 aliphatic rings. The predicted molar refractivity (Wildman–Crippen MR) is 113 cm³/mol. The first-order valence-electron chi connectivity index (χ1n) is 10.2. The zero-order valence-corrected chi connectivity index (χ0v) is 18.0. The average Bonchev–Trinajstić information content (AvgIpc) is 3.00. The summed E-state index contributed by atoms with van der Waals surface area (Å²) in [5, 5.41) is 2.45. The van der Waals surface area contributed by atoms with Crippen LogP contribution in [0.15, 0.2) is 42.5 Å². The molecule has 3 amide bonds. The van der Waals surface area contributed by atoms with Crippen LogP contribution in [0.5, 0.6) is 5.75 Å². The zero-order chi connectivity index (χ0) is 24.1. The molecule has 0 radical (unpaired) electrons. The highest BCUT2D eigenvalue weighted by Crippen LogP contribution is 2.25. The summed E-state index contributed by atoms with van der Waals surface area (Å²) in [4.78, 5) is 50.5. The minimum Gasteiger partial charge on any atom is -0.452 e. The number of imide groups is 1. The predicted octanol–water partition coefficient (Wildman–Crippen LogP) is 3.73. The Morgan fingerprint density at radius 2 is 1.67 bits per heavy atom. The molecule has 0 spiro atoms. The van der Waals surface area contributed by atoms with Crippen molar-refractivity contribution in [1.29, 1.82) is 0 Å². The van der Waals surface area contributed by atoms with Crippen molar-refractivity contribution >= 4 is 29.4 Å². The van der Waals surface area contributed by atoms with Gasteiger partial charge >= 0.3 is 12.6 Å². The van der Waals surface area contributed by atoms with Crippen molar-refractivity contribution in [2.75, 3.05) is 18.5 Å². The maximum atomic E-state index is 12.6. The van der Waals surface area contributed by atoms with Crippen LogP contribution in [0, 0.1) is 5.92 Å². The number of carbonyl (C=O) groups is 4. The van der Waals surface area contributed by atoms with Gasteiger partial charge in [-0.3, -0.25) is 19.3 Å². The van der Waals surface area contributed by atoms with Crippen LogP contribution in [0.25, 0.3) is 0 Å². The summed E-state index contributed by atoms with van der Waals surface area (Å²) in [6.45, 7) is 0.691. The number of rotatable bonds is 9. The van der Waals surface area contributed by atoms with Gasteiger partial charge in [0.15, 0.2) is 6.61 Å². The monoisotopic (exact) mass is 460 g/mol. The number of carbonyl (C=O) groups excluding carboxylic acids is 4. The summed E-state index contributed by atoms with van der Waals surface area (Å²) in [5.74, 6) is -2.12. The minimum atomic E-state index is -2.96. The molecule has 3 rings (SSSR count). The lowest BCUT2D eigenvalue weighted by Crippen LogP contribution is -2.31. The third kappa shape index (κ3) is 5.91. The molecule has 8 nitrogen and oxygen atoms in total. The number of hydrogen-bond acceptors (Lipinski definition) is 6. The molecule has 2 aromatic rings. The number of ether oxygens (including phenoxy) is 2. The molecule has 0 atom stereocenters. The summed E-state index contributed by atoms with van der Waals surface area (Å²) in [6.07, 6.45) is 0.664. The molecule has 10 heteroatoms. The Morgan fingerprint density at radius 1 is 1.00 bits per heavy atom. The fraction of sp³-hybridized carbons (Fsp3) is 0.304. The highest BCUT2D eigenvalue weighted by atomic mass is 19.3. The van der Waals surface area contributed by atoms with Gasteiger partial charge in [0.1, 0.15) is 5.75 Å². The number of nitrogens with one attached hydrogen (secondary N) is 1. The molecule has 174 valence electrons. The van der Waals surface area contributed by atoms with E-state index < -0.39 is 36.9 Å². The van der Waals surface area contributed by atoms with Crippen molar-refractivity contribution in [3.05, 3.63) is 59.2 Å². The molecule has 33 heavy (non-hydrogen) atoms. The molecule has 0 fully saturated rings. The maximum Gasteiger partial charge on any atom is 0.387 e. The van der Waals surface area contributed by atoms with Crippen LogP contribution in [-0.2, 0) is 9.53 Å². The van der Waals surface area contributed by atoms with E-state index in [4.69, 9.17) is 4.74 Å². The van der Waals surface area contributed by atoms with E-state index in [1.54, 1.807) is 0 Å². The Bertz CT molecular complexity index is 1070. The first-order valence-corrected chi connectivity index (χ1v) is 10.2. The van der Waals surface area contributed by atoms with Gasteiger partial charge in [0.2, 0.25) is 0 Å². The molecule has 0 aliphatic carbocycles. The van der Waals surface area contributed by atoms with Gasteiger partial charge in [-0.05, 0) is 54.8 Å². The van der Waals surface area contributed by atoms with E-state index in [0.29, 0.717) is 24.6 Å². The van der Waals surface area contributed by atoms with Gasteiger partial charge in [-0.25, -0.2) is 4.79 Å². The van der Waals surface area contributed by atoms with Crippen LogP contribution in [0.2, 0.25) is 0 Å². The molecule has 0 aromatic heterocycles. The number of amides is 3. The summed E-state index contributed by atoms with van der Waals surface area (Å²) >= 11 is 0. The van der Waals surface area contributed by atoms with Gasteiger partial charge in [0.05, 0.1) is 16.7 Å². The van der Waals surface area contributed by atoms with Crippen LogP contribution < -0.4 is 10.1 Å². The number of benzene rings is 2. The fourth-order valence-electron chi connectivity index (χ4n) is 3.14. The molecule has 0 bridgehead atoms. The van der Waals surface area contributed by atoms with Gasteiger partial charge in [-0.2, -0.15) is 8.78 Å². The summed E-state index contributed by atoms with van der Waals surface area (Å²) in [7, 11) is 0. The standard InChI is InChI=1S/C23H22F2N2O6/c1-13(2)9-10-27-20(29)17-8-3-14(11-18(17)21(27)30)22(31)32-12-19(28)26-15-4-6-16(7-5-15)33-23(24)25/h3-8,11,13,23H,9-10,12H2,1-2H3,(H,26,28). The van der Waals surface area contributed by atoms with Crippen molar-refractivity contribution < 1.29 is 37.4 Å². The summed E-state index contributed by atoms with van der Waals surface area (Å²) < 4.78 is 33.5. The third-order valence-electron chi connectivity index (χ3n) is 4.83. The van der Waals surface area contributed by atoms with E-state index in [9.17, 15) is 28.0 Å². The minimum absolute atomic E-state index is 0.0295. The molecule has 2 aromatic carbocycles. The number of fused-ring (bicyclic) bond motifs is 1. The van der Waals surface area contributed by atoms with Crippen LogP contribution in [0.1, 0.15) is 51.3 Å². The molecule has 0 unspecified atom stereocenters. The molecule has 1 heterocycles. The summed E-state index contributed by atoms with van der Waals surface area (Å²) in [6, 6.07) is 9.24. The molecule has 0 saturated heterocycles. The van der Waals surface area contributed by atoms with E-state index in [1.165, 1.54) is 42.5 Å². The van der Waals surface area contributed by atoms with Crippen LogP contribution in [0.3, 0.4) is 0 Å². The van der Waals surface area contributed by atoms with Gasteiger partial charge < -0.3 is 14.8 Å². The fourth-order valence-corrected chi connectivity index (χ4v) is 3.14. The van der Waals surface area contributed by atoms with Crippen molar-refractivity contribution in [1.82, 2.24) is 4.90 Å². The Hall–Kier alpha value is -3.82. The van der Waals surface area contributed by atoms with Gasteiger partial charge in [-0.15, -0.1) is 0 Å². The normalized spacial score (nSPS) is 12.8. The van der Waals surface area contributed by atoms with Crippen LogP contribution in [0.4, 0.5) is 14.5 Å². The highest BCUT2D eigenvalue weighted by Gasteiger charge is 2.35. The first kappa shape index (κ1) is 23.8. The first-order chi connectivity index (χ1) is 15.7. The van der Waals surface area contributed by atoms with Crippen molar-refractivity contribution in [2.45, 2.75) is 26.9 Å². The van der Waals surface area contributed by atoms with Crippen LogP contribution in [-0.4, -0.2) is 48.4 Å². The van der Waals surface area contributed by atoms with Gasteiger partial charge in [-0.1, -0.05) is 13.8 Å². The van der Waals surface area contributed by atoms with Gasteiger partial charge in [0, 0.05) is 12.2 Å². The van der Waals surface area contributed by atoms with Crippen molar-refractivity contribution in [2.24, 2.45) is 5.92 Å². The number of alkyl halides is 2. The Morgan fingerprint density at radius 3 is 2.30 bits per heavy atom. The van der Waals surface area contributed by atoms with Crippen molar-refractivity contribution in [3.63, 3.8) is 0 Å². The van der Waals surface area contributed by atoms with E-state index >= 15 is 0 Å². The summed E-state index contributed by atoms with van der Waals surface area (Å²) in [5.41, 5.74) is 0.661. The largest absolute Gasteiger partial charge is 0.452 e. The Labute approximate surface area is 188 Å². The van der Waals surface area contributed by atoms with E-state index in [2.05, 4.69) is 10.1 Å². The molecule has 0 saturated carbocycles. The maximum absolute atomic E-state index is 12.6. The number of nitrogens with zero attached hydrogens (tertiary/aromatic N) is 1. The lowest BCUT2D eigenvalue weighted by atomic mass is 10.1. The van der Waals surface area contributed by atoms with Crippen molar-refractivity contribution in [3.8, 4) is 5.75 Å². The van der Waals surface area contributed by atoms with E-state index in [1.807, 2.05) is 13.8 Å². The van der Waals surface area contributed by atoms with E-state index in [0.717, 1.165) is 4.90 Å². The molecular formula is C23H22F2N2O6. The van der Waals surface area contributed by atoms with Crippen LogP contribution >= 0.6 is 0 Å². The SMILES string of the molecule is CC(C)CCN1C(=O)c2ccc(C(=O)OCC(=O)Nc3ccc(OC(F)F)cc3)cc2C1=O. The zero-order valence-electron chi connectivity index (χ0n) is 18.0. The average molecular weight is 460 g/mol. The second-order valence-electron chi connectivity index (χ2n) is 7.73. The third-order valence-corrected chi connectivity index (χ3v) is 4.83. The lowest BCUT2D eigenvalue weighted by Gasteiger charge is -2.14. The highest BCUT2D eigenvalue weighted by molar-refractivity contribution is 6.22. The number of anilines is 1. The second-order valence-corrected chi connectivity index (χ2v) is 7.73. The quantitative estimate of drug-likeness (QED) is 0.452. The molecule has 1 aliphatic heterocycles. The molecular weight excluding hydrogens is 438 g/mol. The number of hydrogen-bond donors (Lipinski definition) is 1. The molecule has 1 N–H and O–H groups in total. The Balaban J connectivity index is 1.57. The Kier molecular flexibility index (Phi) is 7.37. The number of esters is 1. The number of halogens is 2.